The van der Waals surface area contributed by atoms with Gasteiger partial charge in [0.15, 0.2) is 16.6 Å². The van der Waals surface area contributed by atoms with Gasteiger partial charge in [-0.15, -0.1) is 6.58 Å². The summed E-state index contributed by atoms with van der Waals surface area (Å²) >= 11 is 5.23. The van der Waals surface area contributed by atoms with E-state index in [0.29, 0.717) is 35.7 Å². The number of nitrogens with one attached hydrogen (secondary N) is 1. The van der Waals surface area contributed by atoms with Crippen LogP contribution >= 0.6 is 12.2 Å². The molecular weight excluding hydrogens is 560 g/mol. The van der Waals surface area contributed by atoms with Crippen LogP contribution in [0.2, 0.25) is 0 Å². The minimum Gasteiger partial charge on any atom is -0.490 e. The molecule has 0 aromatic heterocycles. The molecule has 42 heavy (non-hydrogen) atoms. The number of allylic oxidation sites excluding steroid dienone is 1. The molecule has 2 amide bonds. The lowest BCUT2D eigenvalue weighted by atomic mass is 10.0. The number of carboxylic acid groups (broad SMARTS) is 2. The Balaban J connectivity index is 1.70. The van der Waals surface area contributed by atoms with Gasteiger partial charge in [-0.25, -0.2) is 9.59 Å². The smallest absolute Gasteiger partial charge is 0.335 e. The molecule has 214 valence electrons. The fourth-order valence-electron chi connectivity index (χ4n) is 4.24. The summed E-state index contributed by atoms with van der Waals surface area (Å²) < 4.78 is 12.0. The second-order valence-corrected chi connectivity index (χ2v) is 9.42. The maximum absolute atomic E-state index is 13.5. The van der Waals surface area contributed by atoms with Crippen LogP contribution in [0.1, 0.15) is 44.3 Å². The zero-order valence-electron chi connectivity index (χ0n) is 22.5. The van der Waals surface area contributed by atoms with Crippen LogP contribution < -0.4 is 19.7 Å². The third-order valence-electron chi connectivity index (χ3n) is 6.17. The first-order chi connectivity index (χ1) is 20.1. The Morgan fingerprint density at radius 1 is 1.00 bits per heavy atom. The zero-order valence-corrected chi connectivity index (χ0v) is 23.3. The highest BCUT2D eigenvalue weighted by molar-refractivity contribution is 7.80. The van der Waals surface area contributed by atoms with Crippen LogP contribution in [0.4, 0.5) is 5.69 Å². The number of benzene rings is 3. The average Bonchev–Trinajstić information content (AvgIpc) is 2.95. The van der Waals surface area contributed by atoms with Crippen LogP contribution in [0.15, 0.2) is 78.9 Å². The van der Waals surface area contributed by atoms with Gasteiger partial charge in [-0.05, 0) is 85.2 Å². The third kappa shape index (κ3) is 6.53. The summed E-state index contributed by atoms with van der Waals surface area (Å²) in [5, 5.41) is 20.8. The predicted molar refractivity (Wildman–Crippen MR) is 159 cm³/mol. The van der Waals surface area contributed by atoms with Gasteiger partial charge in [-0.1, -0.05) is 24.3 Å². The number of hydrogen-bond donors (Lipinski definition) is 3. The Bertz CT molecular complexity index is 1630. The van der Waals surface area contributed by atoms with Crippen LogP contribution in [0.5, 0.6) is 11.5 Å². The summed E-state index contributed by atoms with van der Waals surface area (Å²) in [5.41, 5.74) is 1.98. The van der Waals surface area contributed by atoms with Gasteiger partial charge in [0.05, 0.1) is 23.4 Å². The first-order valence-corrected chi connectivity index (χ1v) is 13.1. The second-order valence-electron chi connectivity index (χ2n) is 9.04. The van der Waals surface area contributed by atoms with E-state index in [4.69, 9.17) is 26.8 Å². The van der Waals surface area contributed by atoms with Gasteiger partial charge >= 0.3 is 11.9 Å². The highest BCUT2D eigenvalue weighted by Gasteiger charge is 2.35. The summed E-state index contributed by atoms with van der Waals surface area (Å²) in [4.78, 5) is 50.0. The van der Waals surface area contributed by atoms with Crippen molar-refractivity contribution in [2.75, 3.05) is 11.5 Å². The summed E-state index contributed by atoms with van der Waals surface area (Å²) in [5.74, 6) is -2.82. The molecule has 0 bridgehead atoms. The lowest BCUT2D eigenvalue weighted by Crippen LogP contribution is -2.54. The van der Waals surface area contributed by atoms with Crippen LogP contribution in [0.25, 0.3) is 6.08 Å². The highest BCUT2D eigenvalue weighted by atomic mass is 32.1. The van der Waals surface area contributed by atoms with Crippen molar-refractivity contribution in [3.8, 4) is 11.5 Å². The lowest BCUT2D eigenvalue weighted by Gasteiger charge is -2.29. The molecule has 0 unspecified atom stereocenters. The van der Waals surface area contributed by atoms with Crippen molar-refractivity contribution < 1.29 is 38.9 Å². The average molecular weight is 587 g/mol. The first kappa shape index (κ1) is 29.7. The molecule has 0 radical (unpaired) electrons. The van der Waals surface area contributed by atoms with Crippen molar-refractivity contribution in [2.45, 2.75) is 20.0 Å². The molecule has 0 saturated carbocycles. The zero-order chi connectivity index (χ0) is 30.4. The fraction of sp³-hybridized carbons (Fsp3) is 0.129. The molecule has 1 fully saturated rings. The van der Waals surface area contributed by atoms with E-state index in [1.165, 1.54) is 42.5 Å². The number of nitrogens with zero attached hydrogens (tertiary/aromatic N) is 1. The number of ether oxygens (including phenoxy) is 2. The summed E-state index contributed by atoms with van der Waals surface area (Å²) in [6, 6.07) is 15.3. The number of carbonyl (C=O) groups excluding carboxylic acids is 2. The van der Waals surface area contributed by atoms with Gasteiger partial charge < -0.3 is 19.7 Å². The van der Waals surface area contributed by atoms with Gasteiger partial charge in [0, 0.05) is 5.56 Å². The van der Waals surface area contributed by atoms with Crippen molar-refractivity contribution in [3.63, 3.8) is 0 Å². The van der Waals surface area contributed by atoms with Crippen molar-refractivity contribution in [2.24, 2.45) is 0 Å². The molecule has 11 heteroatoms. The molecular formula is C31H26N2O8S. The van der Waals surface area contributed by atoms with Gasteiger partial charge in [0.1, 0.15) is 12.2 Å². The van der Waals surface area contributed by atoms with E-state index < -0.39 is 23.8 Å². The molecule has 0 atom stereocenters. The largest absolute Gasteiger partial charge is 0.490 e. The molecule has 10 nitrogen and oxygen atoms in total. The Hall–Kier alpha value is -5.29. The van der Waals surface area contributed by atoms with Crippen LogP contribution in [-0.4, -0.2) is 45.7 Å². The van der Waals surface area contributed by atoms with Gasteiger partial charge in [-0.2, -0.15) is 0 Å². The van der Waals surface area contributed by atoms with E-state index in [0.717, 1.165) is 10.5 Å². The molecule has 1 aliphatic heterocycles. The fourth-order valence-corrected chi connectivity index (χ4v) is 4.52. The monoisotopic (exact) mass is 586 g/mol. The molecule has 1 aliphatic rings. The number of thiocarbonyl (C=S) groups is 1. The Morgan fingerprint density at radius 2 is 1.71 bits per heavy atom. The Kier molecular flexibility index (Phi) is 9.13. The summed E-state index contributed by atoms with van der Waals surface area (Å²) in [6.07, 6.45) is 3.45. The number of carboxylic acids is 2. The molecule has 3 aromatic carbocycles. The van der Waals surface area contributed by atoms with Crippen molar-refractivity contribution in [3.05, 3.63) is 107 Å². The van der Waals surface area contributed by atoms with Crippen molar-refractivity contribution >= 4 is 52.8 Å². The van der Waals surface area contributed by atoms with E-state index in [2.05, 4.69) is 11.9 Å². The maximum Gasteiger partial charge on any atom is 0.335 e. The van der Waals surface area contributed by atoms with Gasteiger partial charge in [-0.3, -0.25) is 19.8 Å². The lowest BCUT2D eigenvalue weighted by molar-refractivity contribution is -0.122. The van der Waals surface area contributed by atoms with Crippen LogP contribution in [0.3, 0.4) is 0 Å². The van der Waals surface area contributed by atoms with Gasteiger partial charge in [0.2, 0.25) is 0 Å². The normalized spacial score (nSPS) is 14.0. The molecule has 3 aromatic rings. The van der Waals surface area contributed by atoms with E-state index in [-0.39, 0.29) is 34.1 Å². The first-order valence-electron chi connectivity index (χ1n) is 12.7. The van der Waals surface area contributed by atoms with Crippen molar-refractivity contribution in [1.29, 1.82) is 0 Å². The molecule has 4 rings (SSSR count). The second kappa shape index (κ2) is 12.9. The summed E-state index contributed by atoms with van der Waals surface area (Å²) in [7, 11) is 0. The topological polar surface area (TPSA) is 142 Å². The van der Waals surface area contributed by atoms with Crippen molar-refractivity contribution in [1.82, 2.24) is 5.32 Å². The minimum absolute atomic E-state index is 0.0469. The molecule has 1 saturated heterocycles. The number of amides is 2. The maximum atomic E-state index is 13.5. The SMILES string of the molecule is C=CCc1cc(C=C2C(=O)NC(=S)N(c3cccc(C(=O)O)c3)C2=O)cc(OCC)c1OCc1ccc(C(=O)O)cc1. The van der Waals surface area contributed by atoms with E-state index >= 15 is 0 Å². The van der Waals surface area contributed by atoms with Crippen LogP contribution in [0, 0.1) is 0 Å². The molecule has 0 spiro atoms. The number of hydrogen-bond acceptors (Lipinski definition) is 7. The van der Waals surface area contributed by atoms with E-state index in [9.17, 15) is 24.3 Å². The highest BCUT2D eigenvalue weighted by Crippen LogP contribution is 2.36. The predicted octanol–water partition coefficient (Wildman–Crippen LogP) is 4.62. The number of aromatic carboxylic acids is 2. The molecule has 0 aliphatic carbocycles. The quantitative estimate of drug-likeness (QED) is 0.127. The Morgan fingerprint density at radius 3 is 2.36 bits per heavy atom. The standard InChI is InChI=1S/C31H26N2O8S/c1-3-6-21-13-19(15-25(40-4-2)26(21)41-17-18-9-11-20(12-10-18)29(36)37)14-24-27(34)32-31(42)33(28(24)35)23-8-5-7-22(16-23)30(38)39/h3,5,7-16H,1,4,6,17H2,2H3,(H,36,37)(H,38,39)(H,32,34,42). The number of rotatable bonds is 11. The summed E-state index contributed by atoms with van der Waals surface area (Å²) in [6.45, 7) is 6.05. The van der Waals surface area contributed by atoms with E-state index in [1.807, 2.05) is 0 Å². The molecule has 1 heterocycles. The number of carbonyl (C=O) groups is 4. The minimum atomic E-state index is -1.18. The Labute approximate surface area is 246 Å². The van der Waals surface area contributed by atoms with Gasteiger partial charge in [0.25, 0.3) is 11.8 Å². The van der Waals surface area contributed by atoms with Crippen LogP contribution in [-0.2, 0) is 22.6 Å². The van der Waals surface area contributed by atoms with E-state index in [1.54, 1.807) is 37.3 Å². The third-order valence-corrected chi connectivity index (χ3v) is 6.45. The molecule has 3 N–H and O–H groups in total. The number of anilines is 1.